The zero-order chi connectivity index (χ0) is 22.9. The summed E-state index contributed by atoms with van der Waals surface area (Å²) in [7, 11) is 1.50. The van der Waals surface area contributed by atoms with Crippen molar-refractivity contribution in [2.75, 3.05) is 18.9 Å². The Hall–Kier alpha value is -3.95. The molecular weight excluding hydrogens is 419 g/mol. The van der Waals surface area contributed by atoms with Gasteiger partial charge in [-0.15, -0.1) is 0 Å². The number of carbonyl (C=O) groups excluding carboxylic acids is 4. The minimum absolute atomic E-state index is 0.130. The number of hydrogen-bond acceptors (Lipinski definition) is 5. The number of nitrogens with one attached hydrogen (secondary N) is 3. The summed E-state index contributed by atoms with van der Waals surface area (Å²) in [5, 5.41) is 7.72. The molecule has 0 aromatic heterocycles. The fourth-order valence-electron chi connectivity index (χ4n) is 3.93. The van der Waals surface area contributed by atoms with E-state index in [-0.39, 0.29) is 24.8 Å². The topological polar surface area (TPSA) is 117 Å². The van der Waals surface area contributed by atoms with Gasteiger partial charge >= 0.3 is 12.1 Å². The molecule has 2 aromatic rings. The number of rotatable bonds is 5. The van der Waals surface area contributed by atoms with Crippen molar-refractivity contribution in [3.05, 3.63) is 65.0 Å². The molecule has 0 bridgehead atoms. The van der Waals surface area contributed by atoms with Crippen LogP contribution in [0.3, 0.4) is 0 Å². The number of anilines is 1. The van der Waals surface area contributed by atoms with Crippen LogP contribution >= 0.6 is 0 Å². The summed E-state index contributed by atoms with van der Waals surface area (Å²) in [6.07, 6.45) is -0.154. The van der Waals surface area contributed by atoms with E-state index in [2.05, 4.69) is 16.0 Å². The first-order valence-electron chi connectivity index (χ1n) is 10.0. The highest BCUT2D eigenvalue weighted by atomic mass is 19.1. The van der Waals surface area contributed by atoms with Gasteiger partial charge in [-0.25, -0.2) is 18.9 Å². The Labute approximate surface area is 182 Å². The first-order chi connectivity index (χ1) is 15.3. The second kappa shape index (κ2) is 8.29. The minimum Gasteiger partial charge on any atom is -0.427 e. The molecule has 0 unspecified atom stereocenters. The van der Waals surface area contributed by atoms with Crippen molar-refractivity contribution in [2.24, 2.45) is 0 Å². The van der Waals surface area contributed by atoms with Crippen LogP contribution in [0.2, 0.25) is 0 Å². The molecule has 1 aliphatic carbocycles. The van der Waals surface area contributed by atoms with Crippen molar-refractivity contribution in [3.8, 4) is 0 Å². The van der Waals surface area contributed by atoms with E-state index in [1.165, 1.54) is 31.3 Å². The van der Waals surface area contributed by atoms with Crippen LogP contribution < -0.4 is 16.0 Å². The summed E-state index contributed by atoms with van der Waals surface area (Å²) >= 11 is 0. The van der Waals surface area contributed by atoms with E-state index >= 15 is 0 Å². The molecule has 32 heavy (non-hydrogen) atoms. The Morgan fingerprint density at radius 1 is 1.16 bits per heavy atom. The summed E-state index contributed by atoms with van der Waals surface area (Å²) in [6.45, 7) is -0.350. The van der Waals surface area contributed by atoms with Crippen LogP contribution in [0.15, 0.2) is 42.5 Å². The molecule has 1 spiro atoms. The molecule has 3 N–H and O–H groups in total. The average Bonchev–Trinajstić information content (AvgIpc) is 3.25. The second-order valence-corrected chi connectivity index (χ2v) is 7.57. The molecule has 1 atom stereocenters. The number of urea groups is 1. The van der Waals surface area contributed by atoms with Gasteiger partial charge in [-0.05, 0) is 41.8 Å². The van der Waals surface area contributed by atoms with Crippen LogP contribution in [0, 0.1) is 5.82 Å². The highest BCUT2D eigenvalue weighted by Crippen LogP contribution is 2.45. The van der Waals surface area contributed by atoms with Crippen LogP contribution in [0.25, 0.3) is 0 Å². The summed E-state index contributed by atoms with van der Waals surface area (Å²) < 4.78 is 18.5. The molecular formula is C22H21FN4O5. The number of ether oxygens (including phenoxy) is 1. The Kier molecular flexibility index (Phi) is 5.52. The van der Waals surface area contributed by atoms with Gasteiger partial charge in [-0.2, -0.15) is 0 Å². The van der Waals surface area contributed by atoms with Crippen molar-refractivity contribution in [3.63, 3.8) is 0 Å². The van der Waals surface area contributed by atoms with E-state index in [4.69, 9.17) is 4.74 Å². The first-order valence-corrected chi connectivity index (χ1v) is 10.0. The molecule has 1 heterocycles. The van der Waals surface area contributed by atoms with Gasteiger partial charge in [0.2, 0.25) is 11.5 Å². The molecule has 9 nitrogen and oxygen atoms in total. The van der Waals surface area contributed by atoms with Gasteiger partial charge < -0.3 is 20.7 Å². The van der Waals surface area contributed by atoms with Gasteiger partial charge in [0.05, 0.1) is 0 Å². The maximum absolute atomic E-state index is 13.1. The Morgan fingerprint density at radius 3 is 2.62 bits per heavy atom. The fraction of sp³-hybridized carbons (Fsp3) is 0.273. The quantitative estimate of drug-likeness (QED) is 0.658. The maximum Gasteiger partial charge on any atom is 0.418 e. The van der Waals surface area contributed by atoms with Gasteiger partial charge in [-0.3, -0.25) is 9.59 Å². The molecule has 2 aromatic carbocycles. The van der Waals surface area contributed by atoms with E-state index in [0.29, 0.717) is 23.2 Å². The monoisotopic (exact) mass is 440 g/mol. The summed E-state index contributed by atoms with van der Waals surface area (Å²) in [5.74, 6) is -1.52. The number of nitrogens with zero attached hydrogens (tertiary/aromatic N) is 1. The van der Waals surface area contributed by atoms with E-state index < -0.39 is 30.1 Å². The number of imide groups is 1. The lowest BCUT2D eigenvalue weighted by molar-refractivity contribution is -0.139. The fourth-order valence-corrected chi connectivity index (χ4v) is 3.93. The van der Waals surface area contributed by atoms with E-state index in [1.54, 1.807) is 18.2 Å². The van der Waals surface area contributed by atoms with Crippen molar-refractivity contribution in [2.45, 2.75) is 25.0 Å². The molecule has 5 amide bonds. The van der Waals surface area contributed by atoms with Crippen molar-refractivity contribution in [1.29, 1.82) is 0 Å². The lowest BCUT2D eigenvalue weighted by atomic mass is 9.94. The van der Waals surface area contributed by atoms with Crippen LogP contribution in [0.5, 0.6) is 0 Å². The number of amides is 5. The zero-order valence-corrected chi connectivity index (χ0v) is 17.2. The molecule has 0 radical (unpaired) electrons. The third-order valence-electron chi connectivity index (χ3n) is 5.55. The third-order valence-corrected chi connectivity index (χ3v) is 5.55. The van der Waals surface area contributed by atoms with Crippen LogP contribution in [0.1, 0.15) is 23.1 Å². The number of halogens is 1. The van der Waals surface area contributed by atoms with Gasteiger partial charge in [-0.1, -0.05) is 18.2 Å². The smallest absolute Gasteiger partial charge is 0.418 e. The molecule has 1 fully saturated rings. The Morgan fingerprint density at radius 2 is 1.91 bits per heavy atom. The Balaban J connectivity index is 1.44. The first kappa shape index (κ1) is 21.3. The molecule has 0 saturated carbocycles. The number of benzene rings is 2. The van der Waals surface area contributed by atoms with Crippen molar-refractivity contribution < 1.29 is 28.3 Å². The maximum atomic E-state index is 13.1. The van der Waals surface area contributed by atoms with E-state index in [9.17, 15) is 23.6 Å². The number of hydrogen-bond donors (Lipinski definition) is 3. The largest absolute Gasteiger partial charge is 0.427 e. The van der Waals surface area contributed by atoms with Crippen LogP contribution in [0.4, 0.5) is 19.7 Å². The molecule has 166 valence electrons. The lowest BCUT2D eigenvalue weighted by Crippen LogP contribution is -2.43. The van der Waals surface area contributed by atoms with Gasteiger partial charge in [0.25, 0.3) is 5.91 Å². The SMILES string of the molecule is CNC(=O)Nc1ccc2c(c1)CC[C@@]21OC(=O)N(CC(=O)NCc2ccc(F)cc2)C1=O. The molecule has 1 saturated heterocycles. The lowest BCUT2D eigenvalue weighted by Gasteiger charge is -2.20. The van der Waals surface area contributed by atoms with Crippen LogP contribution in [-0.2, 0) is 32.9 Å². The summed E-state index contributed by atoms with van der Waals surface area (Å²) in [6, 6.07) is 10.2. The zero-order valence-electron chi connectivity index (χ0n) is 17.2. The van der Waals surface area contributed by atoms with Crippen molar-refractivity contribution in [1.82, 2.24) is 15.5 Å². The molecule has 4 rings (SSSR count). The number of aryl methyl sites for hydroxylation is 1. The second-order valence-electron chi connectivity index (χ2n) is 7.57. The highest BCUT2D eigenvalue weighted by Gasteiger charge is 2.58. The van der Waals surface area contributed by atoms with Gasteiger partial charge in [0, 0.05) is 31.3 Å². The molecule has 10 heteroatoms. The standard InChI is InChI=1S/C22H21FN4O5/c1-24-20(30)26-16-6-7-17-14(10-16)8-9-22(17)19(29)27(21(31)32-22)12-18(28)25-11-13-2-4-15(23)5-3-13/h2-7,10H,8-9,11-12H2,1H3,(H,25,28)(H2,24,26,30)/t22-/m1/s1. The van der Waals surface area contributed by atoms with Gasteiger partial charge in [0.15, 0.2) is 0 Å². The van der Waals surface area contributed by atoms with Crippen molar-refractivity contribution >= 4 is 29.6 Å². The predicted octanol–water partition coefficient (Wildman–Crippen LogP) is 2.01. The molecule has 2 aliphatic rings. The highest BCUT2D eigenvalue weighted by molar-refractivity contribution is 6.06. The number of carbonyl (C=O) groups is 4. The average molecular weight is 440 g/mol. The summed E-state index contributed by atoms with van der Waals surface area (Å²) in [5.41, 5.74) is 1.09. The normalized spacial score (nSPS) is 19.0. The van der Waals surface area contributed by atoms with Crippen LogP contribution in [-0.4, -0.2) is 42.4 Å². The summed E-state index contributed by atoms with van der Waals surface area (Å²) in [4.78, 5) is 50.2. The molecule has 1 aliphatic heterocycles. The Bertz CT molecular complexity index is 1100. The van der Waals surface area contributed by atoms with E-state index in [1.807, 2.05) is 0 Å². The van der Waals surface area contributed by atoms with Gasteiger partial charge in [0.1, 0.15) is 12.4 Å². The predicted molar refractivity (Wildman–Crippen MR) is 111 cm³/mol. The number of fused-ring (bicyclic) bond motifs is 2. The van der Waals surface area contributed by atoms with E-state index in [0.717, 1.165) is 10.5 Å². The minimum atomic E-state index is -1.46. The third kappa shape index (κ3) is 3.86.